The lowest BCUT2D eigenvalue weighted by Gasteiger charge is -2.14. The van der Waals surface area contributed by atoms with E-state index in [4.69, 9.17) is 5.11 Å². The van der Waals surface area contributed by atoms with Gasteiger partial charge in [0.05, 0.1) is 0 Å². The average Bonchev–Trinajstić information content (AvgIpc) is 2.69. The smallest absolute Gasteiger partial charge is 0.323 e. The molecule has 0 spiro atoms. The Morgan fingerprint density at radius 3 is 1.21 bits per heavy atom. The molecule has 0 aromatic rings. The van der Waals surface area contributed by atoms with E-state index < -0.39 is 5.97 Å². The highest BCUT2D eigenvalue weighted by molar-refractivity contribution is 5.80. The fraction of sp³-hybridized carbons (Fsp3) is 0.920. The standard InChI is InChI=1S/C25H49NO3/c1-3-4-5-6-7-8-9-10-11-12-13-14-15-16-17-18-19-20-21-22-24(27)26(2)23-25(28)29/h3-23H2,1-2H3,(H,28,29). The highest BCUT2D eigenvalue weighted by Gasteiger charge is 2.11. The molecule has 0 aromatic carbocycles. The van der Waals surface area contributed by atoms with Gasteiger partial charge < -0.3 is 10.0 Å². The molecule has 0 aliphatic heterocycles. The Morgan fingerprint density at radius 2 is 0.897 bits per heavy atom. The van der Waals surface area contributed by atoms with Crippen molar-refractivity contribution in [2.45, 2.75) is 135 Å². The number of unbranched alkanes of at least 4 members (excludes halogenated alkanes) is 18. The molecule has 0 unspecified atom stereocenters. The predicted molar refractivity (Wildman–Crippen MR) is 123 cm³/mol. The van der Waals surface area contributed by atoms with Crippen molar-refractivity contribution in [1.29, 1.82) is 0 Å². The van der Waals surface area contributed by atoms with Crippen LogP contribution in [-0.2, 0) is 9.59 Å². The highest BCUT2D eigenvalue weighted by Crippen LogP contribution is 2.14. The average molecular weight is 412 g/mol. The van der Waals surface area contributed by atoms with Crippen LogP contribution in [-0.4, -0.2) is 35.5 Å². The third kappa shape index (κ3) is 21.5. The van der Waals surface area contributed by atoms with E-state index in [1.165, 1.54) is 114 Å². The van der Waals surface area contributed by atoms with Gasteiger partial charge in [-0.25, -0.2) is 0 Å². The lowest BCUT2D eigenvalue weighted by molar-refractivity contribution is -0.143. The summed E-state index contributed by atoms with van der Waals surface area (Å²) in [4.78, 5) is 23.6. The van der Waals surface area contributed by atoms with Gasteiger partial charge in [-0.1, -0.05) is 122 Å². The van der Waals surface area contributed by atoms with Gasteiger partial charge in [0.2, 0.25) is 5.91 Å². The molecule has 0 bridgehead atoms. The SMILES string of the molecule is CCCCCCCCCCCCCCCCCCCCCC(=O)N(C)CC(=O)O. The van der Waals surface area contributed by atoms with Gasteiger partial charge in [0, 0.05) is 13.5 Å². The number of amides is 1. The van der Waals surface area contributed by atoms with Crippen molar-refractivity contribution in [2.24, 2.45) is 0 Å². The molecule has 4 heteroatoms. The van der Waals surface area contributed by atoms with Crippen molar-refractivity contribution in [3.8, 4) is 0 Å². The molecule has 0 aliphatic carbocycles. The van der Waals surface area contributed by atoms with Crippen LogP contribution in [0.4, 0.5) is 0 Å². The molecule has 172 valence electrons. The molecular formula is C25H49NO3. The molecule has 1 amide bonds. The predicted octanol–water partition coefficient (Wildman–Crippen LogP) is 7.35. The Balaban J connectivity index is 3.17. The van der Waals surface area contributed by atoms with Crippen LogP contribution >= 0.6 is 0 Å². The maximum absolute atomic E-state index is 11.7. The Kier molecular flexibility index (Phi) is 20.9. The number of carbonyl (C=O) groups excluding carboxylic acids is 1. The van der Waals surface area contributed by atoms with Gasteiger partial charge in [0.15, 0.2) is 0 Å². The number of rotatable bonds is 22. The minimum absolute atomic E-state index is 0.0561. The number of carbonyl (C=O) groups is 2. The first kappa shape index (κ1) is 27.9. The summed E-state index contributed by atoms with van der Waals surface area (Å²) in [5, 5.41) is 8.67. The number of hydrogen-bond donors (Lipinski definition) is 1. The summed E-state index contributed by atoms with van der Waals surface area (Å²) in [5.41, 5.74) is 0. The number of carboxylic acid groups (broad SMARTS) is 1. The van der Waals surface area contributed by atoms with E-state index in [2.05, 4.69) is 6.92 Å². The van der Waals surface area contributed by atoms with Gasteiger partial charge in [-0.2, -0.15) is 0 Å². The minimum atomic E-state index is -0.950. The van der Waals surface area contributed by atoms with Crippen LogP contribution in [0.5, 0.6) is 0 Å². The lowest BCUT2D eigenvalue weighted by atomic mass is 10.0. The molecule has 1 N–H and O–H groups in total. The molecule has 29 heavy (non-hydrogen) atoms. The van der Waals surface area contributed by atoms with Gasteiger partial charge in [-0.3, -0.25) is 9.59 Å². The Bertz CT molecular complexity index is 384. The van der Waals surface area contributed by atoms with Gasteiger partial charge in [0.1, 0.15) is 6.54 Å². The zero-order valence-corrected chi connectivity index (χ0v) is 19.6. The van der Waals surface area contributed by atoms with E-state index in [1.807, 2.05) is 0 Å². The number of hydrogen-bond acceptors (Lipinski definition) is 2. The van der Waals surface area contributed by atoms with Crippen LogP contribution in [0.2, 0.25) is 0 Å². The first-order valence-electron chi connectivity index (χ1n) is 12.5. The monoisotopic (exact) mass is 411 g/mol. The summed E-state index contributed by atoms with van der Waals surface area (Å²) in [6, 6.07) is 0. The van der Waals surface area contributed by atoms with E-state index in [0.717, 1.165) is 12.8 Å². The second-order valence-corrected chi connectivity index (χ2v) is 8.76. The largest absolute Gasteiger partial charge is 0.480 e. The van der Waals surface area contributed by atoms with Crippen LogP contribution in [0.1, 0.15) is 135 Å². The molecule has 0 atom stereocenters. The molecule has 0 radical (unpaired) electrons. The van der Waals surface area contributed by atoms with Crippen molar-refractivity contribution in [2.75, 3.05) is 13.6 Å². The topological polar surface area (TPSA) is 57.6 Å². The van der Waals surface area contributed by atoms with Crippen molar-refractivity contribution in [1.82, 2.24) is 4.90 Å². The summed E-state index contributed by atoms with van der Waals surface area (Å²) < 4.78 is 0. The summed E-state index contributed by atoms with van der Waals surface area (Å²) in [6.07, 6.45) is 25.9. The maximum Gasteiger partial charge on any atom is 0.323 e. The zero-order valence-electron chi connectivity index (χ0n) is 19.6. The number of carboxylic acids is 1. The molecular weight excluding hydrogens is 362 g/mol. The molecule has 0 fully saturated rings. The number of likely N-dealkylation sites (N-methyl/N-ethyl adjacent to an activating group) is 1. The quantitative estimate of drug-likeness (QED) is 0.189. The number of nitrogens with zero attached hydrogens (tertiary/aromatic N) is 1. The van der Waals surface area contributed by atoms with E-state index in [1.54, 1.807) is 7.05 Å². The zero-order chi connectivity index (χ0) is 21.6. The molecule has 0 saturated heterocycles. The Labute approximate surface area is 180 Å². The second kappa shape index (κ2) is 21.6. The minimum Gasteiger partial charge on any atom is -0.480 e. The van der Waals surface area contributed by atoms with Gasteiger partial charge >= 0.3 is 5.97 Å². The van der Waals surface area contributed by atoms with Crippen LogP contribution in [0.15, 0.2) is 0 Å². The summed E-state index contributed by atoms with van der Waals surface area (Å²) in [5.74, 6) is -1.01. The molecule has 0 saturated carbocycles. The van der Waals surface area contributed by atoms with E-state index >= 15 is 0 Å². The first-order valence-corrected chi connectivity index (χ1v) is 12.5. The van der Waals surface area contributed by atoms with Crippen LogP contribution < -0.4 is 0 Å². The summed E-state index contributed by atoms with van der Waals surface area (Å²) in [6.45, 7) is 2.08. The Morgan fingerprint density at radius 1 is 0.586 bits per heavy atom. The van der Waals surface area contributed by atoms with Crippen molar-refractivity contribution >= 4 is 11.9 Å². The fourth-order valence-electron chi connectivity index (χ4n) is 3.84. The second-order valence-electron chi connectivity index (χ2n) is 8.76. The summed E-state index contributed by atoms with van der Waals surface area (Å²) >= 11 is 0. The molecule has 4 nitrogen and oxygen atoms in total. The molecule has 0 rings (SSSR count). The first-order chi connectivity index (χ1) is 14.1. The number of aliphatic carboxylic acids is 1. The van der Waals surface area contributed by atoms with Crippen LogP contribution in [0.3, 0.4) is 0 Å². The van der Waals surface area contributed by atoms with Gasteiger partial charge in [-0.15, -0.1) is 0 Å². The van der Waals surface area contributed by atoms with Crippen LogP contribution in [0, 0.1) is 0 Å². The lowest BCUT2D eigenvalue weighted by Crippen LogP contribution is -2.31. The van der Waals surface area contributed by atoms with Crippen LogP contribution in [0.25, 0.3) is 0 Å². The van der Waals surface area contributed by atoms with Crippen molar-refractivity contribution < 1.29 is 14.7 Å². The van der Waals surface area contributed by atoms with E-state index in [9.17, 15) is 9.59 Å². The van der Waals surface area contributed by atoms with E-state index in [0.29, 0.717) is 6.42 Å². The molecule has 0 heterocycles. The highest BCUT2D eigenvalue weighted by atomic mass is 16.4. The third-order valence-electron chi connectivity index (χ3n) is 5.79. The normalized spacial score (nSPS) is 11.0. The Hall–Kier alpha value is -1.06. The van der Waals surface area contributed by atoms with E-state index in [-0.39, 0.29) is 12.5 Å². The molecule has 0 aromatic heterocycles. The third-order valence-corrected chi connectivity index (χ3v) is 5.79. The molecule has 0 aliphatic rings. The van der Waals surface area contributed by atoms with Gasteiger partial charge in [-0.05, 0) is 6.42 Å². The van der Waals surface area contributed by atoms with Gasteiger partial charge in [0.25, 0.3) is 0 Å². The van der Waals surface area contributed by atoms with Crippen molar-refractivity contribution in [3.05, 3.63) is 0 Å². The fourth-order valence-corrected chi connectivity index (χ4v) is 3.84. The summed E-state index contributed by atoms with van der Waals surface area (Å²) in [7, 11) is 1.56. The maximum atomic E-state index is 11.7. The van der Waals surface area contributed by atoms with Crippen molar-refractivity contribution in [3.63, 3.8) is 0 Å².